The third kappa shape index (κ3) is 13.4. The smallest absolute Gasteiger partial charge is 0.807 e. The van der Waals surface area contributed by atoms with Crippen molar-refractivity contribution in [3.8, 4) is 0 Å². The van der Waals surface area contributed by atoms with Gasteiger partial charge in [-0.3, -0.25) is 0 Å². The molecule has 0 aliphatic rings. The Hall–Kier alpha value is -0.477. The second-order valence-electron chi connectivity index (χ2n) is 17.3. The fourth-order valence-electron chi connectivity index (χ4n) is 6.99. The molecule has 2 aromatic rings. The predicted molar refractivity (Wildman–Crippen MR) is 201 cm³/mol. The molecule has 0 bridgehead atoms. The molecule has 2 aromatic carbocycles. The maximum absolute atomic E-state index is 11.1. The minimum atomic E-state index is -2.02. The van der Waals surface area contributed by atoms with Crippen molar-refractivity contribution in [3.63, 3.8) is 0 Å². The number of hydrogen-bond acceptors (Lipinski definition) is 0. The van der Waals surface area contributed by atoms with E-state index >= 15 is 0 Å². The van der Waals surface area contributed by atoms with Crippen molar-refractivity contribution in [3.05, 3.63) is 96.0 Å². The van der Waals surface area contributed by atoms with Crippen LogP contribution in [0.25, 0.3) is 10.3 Å². The molecule has 43 heavy (non-hydrogen) atoms. The van der Waals surface area contributed by atoms with E-state index in [1.54, 1.807) is 0 Å². The van der Waals surface area contributed by atoms with Crippen LogP contribution in [0.15, 0.2) is 60.7 Å². The Morgan fingerprint density at radius 2 is 0.512 bits per heavy atom. The van der Waals surface area contributed by atoms with E-state index < -0.39 is 14.1 Å². The summed E-state index contributed by atoms with van der Waals surface area (Å²) < 4.78 is 0. The Balaban J connectivity index is -0.000000514. The molecule has 0 N–H and O–H groups in total. The topological polar surface area (TPSA) is 44.6 Å². The van der Waals surface area contributed by atoms with E-state index in [-0.39, 0.29) is 57.1 Å². The molecule has 0 aromatic heterocycles. The summed E-state index contributed by atoms with van der Waals surface area (Å²) in [6.45, 7) is 46.4. The van der Waals surface area contributed by atoms with Crippen LogP contribution in [0.5, 0.6) is 0 Å². The number of hydrogen-bond donors (Lipinski definition) is 0. The van der Waals surface area contributed by atoms with Gasteiger partial charge in [-0.2, -0.15) is 49.2 Å². The van der Waals surface area contributed by atoms with Crippen LogP contribution in [0.3, 0.4) is 0 Å². The normalized spacial score (nSPS) is 13.1. The molecule has 0 radical (unpaired) electrons. The first-order chi connectivity index (χ1) is 18.3. The Morgan fingerprint density at radius 3 is 0.558 bits per heavy atom. The van der Waals surface area contributed by atoms with E-state index in [2.05, 4.69) is 138 Å². The van der Waals surface area contributed by atoms with Gasteiger partial charge in [-0.15, -0.1) is 24.3 Å². The summed E-state index contributed by atoms with van der Waals surface area (Å²) in [6.07, 6.45) is 0. The van der Waals surface area contributed by atoms with Gasteiger partial charge in [-0.1, -0.05) is 137 Å². The zero-order valence-electron chi connectivity index (χ0n) is 31.5. The summed E-state index contributed by atoms with van der Waals surface area (Å²) >= 11 is 0. The zero-order valence-corrected chi connectivity index (χ0v) is 35.7. The summed E-state index contributed by atoms with van der Waals surface area (Å²) in [5.41, 5.74) is 2.14. The molecule has 0 unspecified atom stereocenters. The van der Waals surface area contributed by atoms with Crippen molar-refractivity contribution in [1.82, 2.24) is 0 Å². The Labute approximate surface area is 290 Å². The van der Waals surface area contributed by atoms with Crippen molar-refractivity contribution in [2.75, 3.05) is 0 Å². The van der Waals surface area contributed by atoms with Crippen LogP contribution in [0, 0.1) is 13.8 Å². The van der Waals surface area contributed by atoms with E-state index in [9.17, 15) is 10.3 Å². The number of benzene rings is 2. The summed E-state index contributed by atoms with van der Waals surface area (Å²) in [7, 11) is -4.04. The molecule has 2 rings (SSSR count). The van der Waals surface area contributed by atoms with E-state index in [0.717, 1.165) is 11.1 Å². The van der Waals surface area contributed by atoms with Gasteiger partial charge in [-0.25, -0.2) is 14.1 Å². The van der Waals surface area contributed by atoms with Gasteiger partial charge < -0.3 is 10.3 Å². The van der Waals surface area contributed by atoms with Crippen molar-refractivity contribution in [2.45, 2.75) is 156 Å². The van der Waals surface area contributed by atoms with Gasteiger partial charge in [0.25, 0.3) is 0 Å². The first-order valence-electron chi connectivity index (χ1n) is 15.3. The van der Waals surface area contributed by atoms with Crippen LogP contribution >= 0.6 is 14.1 Å². The standard InChI is InChI=1S/2C12H27NP.2C7H7.Zr/c2*1-10(2,3)14(13,11(4,5)6)12(7,8)9;2*1-7-5-3-2-4-6-7;/h2*1-9H3;2*2-6H,1H2;/q4*-1;+4. The minimum absolute atomic E-state index is 0. The SMILES string of the molecule is CC(C)(C)P(=[N-])(C(C)(C)C)C(C)(C)C.CC(C)(C)P(=[N-])(C(C)(C)C)C(C)(C)C.[CH2-]c1ccccc1.[CH2-]c1ccccc1.[Zr+4]. The van der Waals surface area contributed by atoms with Gasteiger partial charge >= 0.3 is 26.2 Å². The van der Waals surface area contributed by atoms with E-state index in [0.29, 0.717) is 0 Å². The van der Waals surface area contributed by atoms with Crippen LogP contribution in [0.4, 0.5) is 0 Å². The van der Waals surface area contributed by atoms with Gasteiger partial charge in [0, 0.05) is 0 Å². The molecular weight excluding hydrogens is 638 g/mol. The Bertz CT molecular complexity index is 949. The Kier molecular flexibility index (Phi) is 18.4. The van der Waals surface area contributed by atoms with Crippen molar-refractivity contribution in [2.24, 2.45) is 0 Å². The molecule has 244 valence electrons. The van der Waals surface area contributed by atoms with E-state index in [1.807, 2.05) is 60.7 Å². The fourth-order valence-corrected chi connectivity index (χ4v) is 19.1. The molecule has 5 heteroatoms. The first-order valence-corrected chi connectivity index (χ1v) is 18.8. The third-order valence-electron chi connectivity index (χ3n) is 7.51. The number of rotatable bonds is 0. The molecule has 0 aliphatic heterocycles. The monoisotopic (exact) mass is 704 g/mol. The second-order valence-corrected chi connectivity index (χ2v) is 27.9. The molecule has 0 heterocycles. The van der Waals surface area contributed by atoms with Crippen LogP contribution in [0.2, 0.25) is 0 Å². The van der Waals surface area contributed by atoms with Gasteiger partial charge in [-0.05, 0) is 30.9 Å². The van der Waals surface area contributed by atoms with E-state index in [1.165, 1.54) is 0 Å². The van der Waals surface area contributed by atoms with Crippen molar-refractivity contribution in [1.29, 1.82) is 0 Å². The minimum Gasteiger partial charge on any atom is -0.807 e. The summed E-state index contributed by atoms with van der Waals surface area (Å²) in [5, 5.41) is 22.2. The predicted octanol–water partition coefficient (Wildman–Crippen LogP) is 14.0. The van der Waals surface area contributed by atoms with Crippen LogP contribution in [0.1, 0.15) is 136 Å². The molecule has 0 saturated carbocycles. The van der Waals surface area contributed by atoms with Crippen molar-refractivity contribution < 1.29 is 26.2 Å². The number of nitrogens with zero attached hydrogens (tertiary/aromatic N) is 2. The maximum Gasteiger partial charge on any atom is 4.00 e. The average molecular weight is 706 g/mol. The Morgan fingerprint density at radius 1 is 0.372 bits per heavy atom. The summed E-state index contributed by atoms with van der Waals surface area (Å²) in [4.78, 5) is 0. The molecule has 2 nitrogen and oxygen atoms in total. The van der Waals surface area contributed by atoms with Crippen molar-refractivity contribution >= 4 is 14.1 Å². The van der Waals surface area contributed by atoms with Gasteiger partial charge in [0.05, 0.1) is 0 Å². The molecule has 0 atom stereocenters. The first kappa shape index (κ1) is 46.9. The van der Waals surface area contributed by atoms with E-state index in [4.69, 9.17) is 0 Å². The maximum atomic E-state index is 11.1. The van der Waals surface area contributed by atoms with Crippen LogP contribution in [-0.2, 0) is 26.2 Å². The largest absolute Gasteiger partial charge is 4.00 e. The molecule has 0 amide bonds. The molecule has 0 spiro atoms. The zero-order chi connectivity index (χ0) is 34.2. The quantitative estimate of drug-likeness (QED) is 0.193. The molecule has 0 fully saturated rings. The second kappa shape index (κ2) is 16.9. The molecule has 0 aliphatic carbocycles. The average Bonchev–Trinajstić information content (AvgIpc) is 2.76. The van der Waals surface area contributed by atoms with Crippen LogP contribution < -0.4 is 0 Å². The molecular formula is C38H68N2P2Zr. The third-order valence-corrected chi connectivity index (χ3v) is 19.2. The van der Waals surface area contributed by atoms with Gasteiger partial charge in [0.1, 0.15) is 0 Å². The van der Waals surface area contributed by atoms with Gasteiger partial charge in [0.2, 0.25) is 0 Å². The summed E-state index contributed by atoms with van der Waals surface area (Å²) in [5.74, 6) is 0. The van der Waals surface area contributed by atoms with Gasteiger partial charge in [0.15, 0.2) is 0 Å². The fraction of sp³-hybridized carbons (Fsp3) is 0.632. The molecule has 0 saturated heterocycles. The summed E-state index contributed by atoms with van der Waals surface area (Å²) in [6, 6.07) is 19.7. The van der Waals surface area contributed by atoms with Crippen LogP contribution in [-0.4, -0.2) is 30.9 Å².